The Kier molecular flexibility index (Phi) is 3.60. The Bertz CT molecular complexity index is 570. The maximum Gasteiger partial charge on any atom is 0.329 e. The summed E-state index contributed by atoms with van der Waals surface area (Å²) in [5, 5.41) is 13.7. The Morgan fingerprint density at radius 2 is 2.37 bits per heavy atom. The molecule has 8 heteroatoms. The van der Waals surface area contributed by atoms with E-state index < -0.39 is 4.92 Å². The van der Waals surface area contributed by atoms with E-state index in [4.69, 9.17) is 4.42 Å². The molecule has 2 rings (SSSR count). The fourth-order valence-electron chi connectivity index (χ4n) is 1.63. The van der Waals surface area contributed by atoms with Crippen molar-refractivity contribution < 1.29 is 9.34 Å². The number of nitrogens with zero attached hydrogens (tertiary/aromatic N) is 4. The molecule has 0 unspecified atom stereocenters. The van der Waals surface area contributed by atoms with Gasteiger partial charge in [-0.3, -0.25) is 10.1 Å². The second kappa shape index (κ2) is 5.34. The molecule has 19 heavy (non-hydrogen) atoms. The Morgan fingerprint density at radius 1 is 1.58 bits per heavy atom. The Morgan fingerprint density at radius 3 is 2.95 bits per heavy atom. The van der Waals surface area contributed by atoms with Crippen LogP contribution in [0.25, 0.3) is 0 Å². The molecule has 0 saturated heterocycles. The fourth-order valence-corrected chi connectivity index (χ4v) is 1.63. The van der Waals surface area contributed by atoms with Gasteiger partial charge in [0.2, 0.25) is 11.8 Å². The van der Waals surface area contributed by atoms with Crippen molar-refractivity contribution >= 4 is 17.5 Å². The third-order valence-corrected chi connectivity index (χ3v) is 2.53. The smallest absolute Gasteiger partial charge is 0.329 e. The van der Waals surface area contributed by atoms with E-state index in [1.54, 1.807) is 37.6 Å². The minimum absolute atomic E-state index is 0.134. The zero-order chi connectivity index (χ0) is 13.8. The lowest BCUT2D eigenvalue weighted by Crippen LogP contribution is -2.19. The third kappa shape index (κ3) is 2.79. The minimum atomic E-state index is -0.499. The van der Waals surface area contributed by atoms with Gasteiger partial charge in [0, 0.05) is 26.2 Å². The molecule has 0 aliphatic rings. The van der Waals surface area contributed by atoms with Crippen LogP contribution in [0.1, 0.15) is 5.56 Å². The SMILES string of the molecule is CNc1ncc([N+](=O)[O-])c(N(C)Cc2ccoc2)n1. The van der Waals surface area contributed by atoms with Crippen LogP contribution < -0.4 is 10.2 Å². The van der Waals surface area contributed by atoms with Gasteiger partial charge in [-0.2, -0.15) is 4.98 Å². The van der Waals surface area contributed by atoms with Crippen molar-refractivity contribution in [3.63, 3.8) is 0 Å². The normalized spacial score (nSPS) is 10.2. The van der Waals surface area contributed by atoms with Crippen molar-refractivity contribution in [3.8, 4) is 0 Å². The van der Waals surface area contributed by atoms with Crippen LogP contribution in [0, 0.1) is 10.1 Å². The van der Waals surface area contributed by atoms with E-state index in [9.17, 15) is 10.1 Å². The van der Waals surface area contributed by atoms with Crippen molar-refractivity contribution in [3.05, 3.63) is 40.5 Å². The second-order valence-corrected chi connectivity index (χ2v) is 3.90. The summed E-state index contributed by atoms with van der Waals surface area (Å²) in [7, 11) is 3.38. The lowest BCUT2D eigenvalue weighted by molar-refractivity contribution is -0.384. The summed E-state index contributed by atoms with van der Waals surface area (Å²) in [5.74, 6) is 0.588. The van der Waals surface area contributed by atoms with Gasteiger partial charge in [0.05, 0.1) is 17.4 Å². The summed E-state index contributed by atoms with van der Waals surface area (Å²) in [6, 6.07) is 1.79. The summed E-state index contributed by atoms with van der Waals surface area (Å²) in [4.78, 5) is 20.1. The van der Waals surface area contributed by atoms with Crippen LogP contribution in [0.3, 0.4) is 0 Å². The van der Waals surface area contributed by atoms with Gasteiger partial charge in [-0.05, 0) is 6.07 Å². The topological polar surface area (TPSA) is 97.3 Å². The molecule has 0 aliphatic heterocycles. The van der Waals surface area contributed by atoms with E-state index in [2.05, 4.69) is 15.3 Å². The number of nitrogens with one attached hydrogen (secondary N) is 1. The van der Waals surface area contributed by atoms with E-state index in [0.29, 0.717) is 12.5 Å². The van der Waals surface area contributed by atoms with E-state index in [1.165, 1.54) is 6.20 Å². The van der Waals surface area contributed by atoms with Crippen molar-refractivity contribution in [2.75, 3.05) is 24.3 Å². The predicted molar refractivity (Wildman–Crippen MR) is 69.0 cm³/mol. The van der Waals surface area contributed by atoms with Gasteiger partial charge in [0.25, 0.3) is 0 Å². The van der Waals surface area contributed by atoms with Gasteiger partial charge in [-0.25, -0.2) is 4.98 Å². The predicted octanol–water partition coefficient (Wildman–Crippen LogP) is 1.66. The van der Waals surface area contributed by atoms with Crippen LogP contribution in [0.4, 0.5) is 17.5 Å². The zero-order valence-corrected chi connectivity index (χ0v) is 10.5. The molecule has 0 bridgehead atoms. The highest BCUT2D eigenvalue weighted by molar-refractivity contribution is 5.58. The molecule has 0 spiro atoms. The fraction of sp³-hybridized carbons (Fsp3) is 0.273. The molecule has 0 atom stereocenters. The average molecular weight is 263 g/mol. The lowest BCUT2D eigenvalue weighted by Gasteiger charge is -2.17. The Balaban J connectivity index is 2.32. The molecule has 0 saturated carbocycles. The molecule has 1 N–H and O–H groups in total. The van der Waals surface area contributed by atoms with Gasteiger partial charge < -0.3 is 14.6 Å². The van der Waals surface area contributed by atoms with Crippen molar-refractivity contribution in [2.45, 2.75) is 6.54 Å². The number of hydrogen-bond donors (Lipinski definition) is 1. The molecule has 0 amide bonds. The largest absolute Gasteiger partial charge is 0.472 e. The first-order valence-corrected chi connectivity index (χ1v) is 5.53. The summed E-state index contributed by atoms with van der Waals surface area (Å²) in [6.07, 6.45) is 4.33. The van der Waals surface area contributed by atoms with Gasteiger partial charge >= 0.3 is 5.69 Å². The highest BCUT2D eigenvalue weighted by Crippen LogP contribution is 2.26. The monoisotopic (exact) mass is 263 g/mol. The number of hydrogen-bond acceptors (Lipinski definition) is 7. The molecular formula is C11H13N5O3. The summed E-state index contributed by atoms with van der Waals surface area (Å²) >= 11 is 0. The maximum absolute atomic E-state index is 11.0. The number of furan rings is 1. The van der Waals surface area contributed by atoms with Crippen molar-refractivity contribution in [1.82, 2.24) is 9.97 Å². The number of anilines is 2. The van der Waals surface area contributed by atoms with E-state index in [1.807, 2.05) is 0 Å². The van der Waals surface area contributed by atoms with Crippen LogP contribution >= 0.6 is 0 Å². The van der Waals surface area contributed by atoms with Crippen LogP contribution in [-0.4, -0.2) is 29.0 Å². The zero-order valence-electron chi connectivity index (χ0n) is 10.5. The molecule has 0 aliphatic carbocycles. The molecule has 100 valence electrons. The van der Waals surface area contributed by atoms with Gasteiger partial charge in [0.15, 0.2) is 0 Å². The van der Waals surface area contributed by atoms with Gasteiger partial charge in [-0.1, -0.05) is 0 Å². The van der Waals surface area contributed by atoms with E-state index >= 15 is 0 Å². The van der Waals surface area contributed by atoms with Crippen LogP contribution in [0.5, 0.6) is 0 Å². The Hall–Kier alpha value is -2.64. The molecule has 2 aromatic heterocycles. The highest BCUT2D eigenvalue weighted by Gasteiger charge is 2.20. The van der Waals surface area contributed by atoms with Crippen molar-refractivity contribution in [2.24, 2.45) is 0 Å². The molecule has 0 radical (unpaired) electrons. The number of aromatic nitrogens is 2. The van der Waals surface area contributed by atoms with Crippen molar-refractivity contribution in [1.29, 1.82) is 0 Å². The van der Waals surface area contributed by atoms with Gasteiger partial charge in [0.1, 0.15) is 6.20 Å². The number of rotatable bonds is 5. The summed E-state index contributed by atoms with van der Waals surface area (Å²) in [5.41, 5.74) is 0.770. The van der Waals surface area contributed by atoms with Crippen LogP contribution in [0.2, 0.25) is 0 Å². The third-order valence-electron chi connectivity index (χ3n) is 2.53. The standard InChI is InChI=1S/C11H13N5O3/c1-12-11-13-5-9(16(17)18)10(14-11)15(2)6-8-3-4-19-7-8/h3-5,7H,6H2,1-2H3,(H,12,13,14). The number of nitro groups is 1. The lowest BCUT2D eigenvalue weighted by atomic mass is 10.3. The molecule has 2 aromatic rings. The maximum atomic E-state index is 11.0. The molecular weight excluding hydrogens is 250 g/mol. The van der Waals surface area contributed by atoms with Gasteiger partial charge in [-0.15, -0.1) is 0 Å². The molecule has 8 nitrogen and oxygen atoms in total. The molecule has 2 heterocycles. The second-order valence-electron chi connectivity index (χ2n) is 3.90. The summed E-state index contributed by atoms with van der Waals surface area (Å²) in [6.45, 7) is 0.456. The quantitative estimate of drug-likeness (QED) is 0.647. The minimum Gasteiger partial charge on any atom is -0.472 e. The van der Waals surface area contributed by atoms with E-state index in [-0.39, 0.29) is 11.5 Å². The average Bonchev–Trinajstić information content (AvgIpc) is 2.90. The van der Waals surface area contributed by atoms with Crippen LogP contribution in [-0.2, 0) is 6.54 Å². The molecule has 0 fully saturated rings. The first-order valence-electron chi connectivity index (χ1n) is 5.53. The first-order chi connectivity index (χ1) is 9.11. The summed E-state index contributed by atoms with van der Waals surface area (Å²) < 4.78 is 4.97. The highest BCUT2D eigenvalue weighted by atomic mass is 16.6. The first kappa shape index (κ1) is 12.8. The molecule has 0 aromatic carbocycles. The Labute approximate surface area is 109 Å². The van der Waals surface area contributed by atoms with Crippen LogP contribution in [0.15, 0.2) is 29.2 Å². The van der Waals surface area contributed by atoms with E-state index in [0.717, 1.165) is 5.56 Å².